The maximum absolute atomic E-state index is 12.2. The van der Waals surface area contributed by atoms with Gasteiger partial charge in [-0.15, -0.1) is 11.8 Å². The number of nitrogens with one attached hydrogen (secondary N) is 1. The van der Waals surface area contributed by atoms with Crippen LogP contribution >= 0.6 is 11.8 Å². The number of nitrogen functional groups attached to an aromatic ring is 1. The Morgan fingerprint density at radius 1 is 1.20 bits per heavy atom. The maximum Gasteiger partial charge on any atom is 0.237 e. The van der Waals surface area contributed by atoms with E-state index in [1.54, 1.807) is 17.8 Å². The Labute approximate surface area is 123 Å². The van der Waals surface area contributed by atoms with Gasteiger partial charge in [-0.05, 0) is 49.7 Å². The van der Waals surface area contributed by atoms with E-state index in [-0.39, 0.29) is 11.2 Å². The molecule has 0 bridgehead atoms. The quantitative estimate of drug-likeness (QED) is 0.665. The molecule has 0 saturated carbocycles. The number of hydrogen-bond donors (Lipinski definition) is 2. The summed E-state index contributed by atoms with van der Waals surface area (Å²) in [6.45, 7) is 3.83. The second-order valence-electron chi connectivity index (χ2n) is 4.64. The number of anilines is 2. The minimum atomic E-state index is -0.158. The molecule has 3 nitrogen and oxygen atoms in total. The van der Waals surface area contributed by atoms with Gasteiger partial charge in [0.15, 0.2) is 0 Å². The van der Waals surface area contributed by atoms with Gasteiger partial charge in [0.05, 0.1) is 5.25 Å². The van der Waals surface area contributed by atoms with E-state index in [2.05, 4.69) is 5.32 Å². The first-order valence-corrected chi connectivity index (χ1v) is 7.33. The number of carbonyl (C=O) groups excluding carboxylic acids is 1. The largest absolute Gasteiger partial charge is 0.399 e. The van der Waals surface area contributed by atoms with Gasteiger partial charge in [0.2, 0.25) is 5.91 Å². The van der Waals surface area contributed by atoms with Crippen LogP contribution < -0.4 is 11.1 Å². The minimum Gasteiger partial charge on any atom is -0.399 e. The molecular formula is C16H18N2OS. The number of nitrogens with two attached hydrogens (primary N) is 1. The smallest absolute Gasteiger partial charge is 0.237 e. The van der Waals surface area contributed by atoms with E-state index in [0.717, 1.165) is 16.1 Å². The summed E-state index contributed by atoms with van der Waals surface area (Å²) >= 11 is 1.54. The zero-order valence-electron chi connectivity index (χ0n) is 11.6. The first kappa shape index (κ1) is 14.5. The molecule has 4 heteroatoms. The average molecular weight is 286 g/mol. The molecule has 0 aliphatic heterocycles. The van der Waals surface area contributed by atoms with Crippen molar-refractivity contribution in [1.29, 1.82) is 0 Å². The number of aryl methyl sites for hydroxylation is 1. The highest BCUT2D eigenvalue weighted by Gasteiger charge is 2.15. The highest BCUT2D eigenvalue weighted by molar-refractivity contribution is 8.00. The van der Waals surface area contributed by atoms with Crippen LogP contribution in [0.25, 0.3) is 0 Å². The van der Waals surface area contributed by atoms with Crippen LogP contribution in [0.3, 0.4) is 0 Å². The molecule has 0 saturated heterocycles. The first-order valence-electron chi connectivity index (χ1n) is 6.45. The summed E-state index contributed by atoms with van der Waals surface area (Å²) < 4.78 is 0. The Morgan fingerprint density at radius 2 is 1.90 bits per heavy atom. The molecule has 2 rings (SSSR count). The van der Waals surface area contributed by atoms with Gasteiger partial charge >= 0.3 is 0 Å². The van der Waals surface area contributed by atoms with Gasteiger partial charge in [0.1, 0.15) is 0 Å². The van der Waals surface area contributed by atoms with Crippen LogP contribution in [0.15, 0.2) is 53.4 Å². The standard InChI is InChI=1S/C16H18N2OS/c1-11-10-13(17)8-9-15(11)18-16(19)12(2)20-14-6-4-3-5-7-14/h3-10,12H,17H2,1-2H3,(H,18,19). The molecule has 1 unspecified atom stereocenters. The fourth-order valence-corrected chi connectivity index (χ4v) is 2.71. The summed E-state index contributed by atoms with van der Waals surface area (Å²) in [5.41, 5.74) is 8.18. The van der Waals surface area contributed by atoms with Crippen LogP contribution in [0.1, 0.15) is 12.5 Å². The van der Waals surface area contributed by atoms with Crippen molar-refractivity contribution in [3.05, 3.63) is 54.1 Å². The van der Waals surface area contributed by atoms with Crippen LogP contribution in [-0.4, -0.2) is 11.2 Å². The number of carbonyl (C=O) groups is 1. The third-order valence-electron chi connectivity index (χ3n) is 2.93. The molecule has 3 N–H and O–H groups in total. The zero-order valence-corrected chi connectivity index (χ0v) is 12.4. The predicted molar refractivity (Wildman–Crippen MR) is 86.0 cm³/mol. The predicted octanol–water partition coefficient (Wildman–Crippen LogP) is 3.70. The molecule has 0 fully saturated rings. The van der Waals surface area contributed by atoms with E-state index in [1.807, 2.05) is 56.3 Å². The second kappa shape index (κ2) is 6.48. The van der Waals surface area contributed by atoms with Crippen molar-refractivity contribution in [1.82, 2.24) is 0 Å². The van der Waals surface area contributed by atoms with Crippen LogP contribution in [0.4, 0.5) is 11.4 Å². The summed E-state index contributed by atoms with van der Waals surface area (Å²) in [4.78, 5) is 13.3. The monoisotopic (exact) mass is 286 g/mol. The number of hydrogen-bond acceptors (Lipinski definition) is 3. The van der Waals surface area contributed by atoms with Gasteiger partial charge in [-0.3, -0.25) is 4.79 Å². The molecule has 0 aromatic heterocycles. The van der Waals surface area contributed by atoms with Crippen molar-refractivity contribution in [3.8, 4) is 0 Å². The summed E-state index contributed by atoms with van der Waals surface area (Å²) in [5, 5.41) is 2.78. The van der Waals surface area contributed by atoms with Gasteiger partial charge in [-0.1, -0.05) is 18.2 Å². The maximum atomic E-state index is 12.2. The first-order chi connectivity index (χ1) is 9.56. The normalized spacial score (nSPS) is 11.9. The van der Waals surface area contributed by atoms with Crippen molar-refractivity contribution >= 4 is 29.0 Å². The van der Waals surface area contributed by atoms with Crippen molar-refractivity contribution < 1.29 is 4.79 Å². The Morgan fingerprint density at radius 3 is 2.55 bits per heavy atom. The Hall–Kier alpha value is -1.94. The fraction of sp³-hybridized carbons (Fsp3) is 0.188. The minimum absolute atomic E-state index is 0.00766. The molecule has 0 radical (unpaired) electrons. The van der Waals surface area contributed by atoms with E-state index in [9.17, 15) is 4.79 Å². The summed E-state index contributed by atoms with van der Waals surface area (Å²) in [5.74, 6) is -0.00766. The topological polar surface area (TPSA) is 55.1 Å². The van der Waals surface area contributed by atoms with E-state index in [4.69, 9.17) is 5.73 Å². The molecule has 2 aromatic rings. The highest BCUT2D eigenvalue weighted by Crippen LogP contribution is 2.24. The molecular weight excluding hydrogens is 268 g/mol. The van der Waals surface area contributed by atoms with Crippen LogP contribution in [0, 0.1) is 6.92 Å². The molecule has 1 atom stereocenters. The Balaban J connectivity index is 2.01. The summed E-state index contributed by atoms with van der Waals surface area (Å²) in [6, 6.07) is 15.4. The average Bonchev–Trinajstić information content (AvgIpc) is 2.43. The number of amides is 1. The molecule has 0 heterocycles. The Bertz CT molecular complexity index is 599. The van der Waals surface area contributed by atoms with Crippen molar-refractivity contribution in [3.63, 3.8) is 0 Å². The number of rotatable bonds is 4. The van der Waals surface area contributed by atoms with Gasteiger partial charge in [-0.2, -0.15) is 0 Å². The van der Waals surface area contributed by atoms with Gasteiger partial charge in [0, 0.05) is 16.3 Å². The lowest BCUT2D eigenvalue weighted by Crippen LogP contribution is -2.22. The third kappa shape index (κ3) is 3.78. The molecule has 0 aliphatic rings. The highest BCUT2D eigenvalue weighted by atomic mass is 32.2. The van der Waals surface area contributed by atoms with Gasteiger partial charge in [-0.25, -0.2) is 0 Å². The Kier molecular flexibility index (Phi) is 4.69. The van der Waals surface area contributed by atoms with Crippen LogP contribution in [-0.2, 0) is 4.79 Å². The van der Waals surface area contributed by atoms with Gasteiger partial charge < -0.3 is 11.1 Å². The van der Waals surface area contributed by atoms with Crippen LogP contribution in [0.2, 0.25) is 0 Å². The SMILES string of the molecule is Cc1cc(N)ccc1NC(=O)C(C)Sc1ccccc1. The third-order valence-corrected chi connectivity index (χ3v) is 4.05. The van der Waals surface area contributed by atoms with E-state index < -0.39 is 0 Å². The zero-order chi connectivity index (χ0) is 14.5. The van der Waals surface area contributed by atoms with Crippen molar-refractivity contribution in [2.24, 2.45) is 0 Å². The van der Waals surface area contributed by atoms with E-state index in [0.29, 0.717) is 5.69 Å². The van der Waals surface area contributed by atoms with Gasteiger partial charge in [0.25, 0.3) is 0 Å². The number of benzene rings is 2. The lowest BCUT2D eigenvalue weighted by Gasteiger charge is -2.13. The summed E-state index contributed by atoms with van der Waals surface area (Å²) in [7, 11) is 0. The number of thioether (sulfide) groups is 1. The van der Waals surface area contributed by atoms with Crippen molar-refractivity contribution in [2.75, 3.05) is 11.1 Å². The molecule has 1 amide bonds. The molecule has 2 aromatic carbocycles. The van der Waals surface area contributed by atoms with E-state index in [1.165, 1.54) is 0 Å². The lowest BCUT2D eigenvalue weighted by atomic mass is 10.2. The molecule has 0 spiro atoms. The summed E-state index contributed by atoms with van der Waals surface area (Å²) in [6.07, 6.45) is 0. The molecule has 20 heavy (non-hydrogen) atoms. The van der Waals surface area contributed by atoms with E-state index >= 15 is 0 Å². The molecule has 0 aliphatic carbocycles. The van der Waals surface area contributed by atoms with Crippen LogP contribution in [0.5, 0.6) is 0 Å². The fourth-order valence-electron chi connectivity index (χ4n) is 1.82. The second-order valence-corrected chi connectivity index (χ2v) is 6.05. The van der Waals surface area contributed by atoms with Crippen molar-refractivity contribution in [2.45, 2.75) is 24.0 Å². The lowest BCUT2D eigenvalue weighted by molar-refractivity contribution is -0.115. The molecule has 104 valence electrons.